The van der Waals surface area contributed by atoms with Crippen molar-refractivity contribution in [3.05, 3.63) is 12.2 Å². The molecule has 19 heavy (non-hydrogen) atoms. The highest BCUT2D eigenvalue weighted by Gasteiger charge is 2.11. The Morgan fingerprint density at radius 1 is 1.21 bits per heavy atom. The van der Waals surface area contributed by atoms with Crippen LogP contribution in [0.25, 0.3) is 0 Å². The molecule has 0 amide bonds. The Labute approximate surface area is 117 Å². The lowest BCUT2D eigenvalue weighted by Gasteiger charge is -2.25. The average Bonchev–Trinajstić information content (AvgIpc) is 2.84. The van der Waals surface area contributed by atoms with Crippen LogP contribution in [0, 0.1) is 5.41 Å². The lowest BCUT2D eigenvalue weighted by molar-refractivity contribution is 0.203. The van der Waals surface area contributed by atoms with Crippen LogP contribution >= 0.6 is 0 Å². The van der Waals surface area contributed by atoms with Gasteiger partial charge < -0.3 is 9.84 Å². The number of nitrogens with zero attached hydrogens (tertiary/aromatic N) is 3. The molecule has 0 radical (unpaired) electrons. The van der Waals surface area contributed by atoms with Gasteiger partial charge in [-0.2, -0.15) is 4.98 Å². The second-order valence-electron chi connectivity index (χ2n) is 5.86. The average molecular weight is 270 g/mol. The first-order chi connectivity index (χ1) is 8.95. The molecule has 2 rings (SSSR count). The van der Waals surface area contributed by atoms with E-state index >= 15 is 0 Å². The number of piperazine rings is 1. The van der Waals surface area contributed by atoms with E-state index < -0.39 is 0 Å². The molecule has 1 aliphatic rings. The molecule has 1 N–H and O–H groups in total. The molecule has 1 aromatic rings. The third-order valence-electron chi connectivity index (χ3n) is 1.98. The highest BCUT2D eigenvalue weighted by molar-refractivity contribution is 4.77. The van der Waals surface area contributed by atoms with Gasteiger partial charge in [0.15, 0.2) is 6.33 Å². The SMILES string of the molecule is CC.CC(C)(C)C.c1noc(CN2CCNCC2)n1. The molecule has 0 aromatic carbocycles. The molecule has 1 saturated heterocycles. The van der Waals surface area contributed by atoms with Crippen molar-refractivity contribution in [2.24, 2.45) is 5.41 Å². The summed E-state index contributed by atoms with van der Waals surface area (Å²) in [5.74, 6) is 0.705. The number of aromatic nitrogens is 2. The van der Waals surface area contributed by atoms with Gasteiger partial charge in [-0.25, -0.2) is 0 Å². The van der Waals surface area contributed by atoms with Crippen LogP contribution in [0.5, 0.6) is 0 Å². The van der Waals surface area contributed by atoms with Crippen molar-refractivity contribution in [1.29, 1.82) is 0 Å². The van der Waals surface area contributed by atoms with Crippen LogP contribution in [0.15, 0.2) is 10.9 Å². The van der Waals surface area contributed by atoms with Crippen molar-refractivity contribution in [2.45, 2.75) is 48.1 Å². The lowest BCUT2D eigenvalue weighted by atomic mass is 10.0. The fourth-order valence-corrected chi connectivity index (χ4v) is 1.33. The molecule has 5 nitrogen and oxygen atoms in total. The maximum Gasteiger partial charge on any atom is 0.240 e. The Hall–Kier alpha value is -0.940. The summed E-state index contributed by atoms with van der Waals surface area (Å²) in [7, 11) is 0. The van der Waals surface area contributed by atoms with E-state index in [1.165, 1.54) is 6.33 Å². The Morgan fingerprint density at radius 3 is 2.16 bits per heavy atom. The quantitative estimate of drug-likeness (QED) is 0.895. The summed E-state index contributed by atoms with van der Waals surface area (Å²) in [6, 6.07) is 0. The van der Waals surface area contributed by atoms with Gasteiger partial charge in [0.05, 0.1) is 6.54 Å². The minimum absolute atomic E-state index is 0.500. The summed E-state index contributed by atoms with van der Waals surface area (Å²) in [5, 5.41) is 6.85. The third-order valence-corrected chi connectivity index (χ3v) is 1.98. The summed E-state index contributed by atoms with van der Waals surface area (Å²) < 4.78 is 4.91. The number of hydrogen-bond acceptors (Lipinski definition) is 5. The van der Waals surface area contributed by atoms with E-state index in [0.717, 1.165) is 32.7 Å². The summed E-state index contributed by atoms with van der Waals surface area (Å²) in [6.07, 6.45) is 1.44. The monoisotopic (exact) mass is 270 g/mol. The highest BCUT2D eigenvalue weighted by Crippen LogP contribution is 2.08. The minimum Gasteiger partial charge on any atom is -0.338 e. The predicted molar refractivity (Wildman–Crippen MR) is 78.9 cm³/mol. The first kappa shape index (κ1) is 18.1. The minimum atomic E-state index is 0.500. The zero-order valence-electron chi connectivity index (χ0n) is 13.4. The van der Waals surface area contributed by atoms with Crippen LogP contribution in [-0.2, 0) is 6.54 Å². The molecular formula is C14H30N4O. The van der Waals surface area contributed by atoms with Crippen molar-refractivity contribution in [3.8, 4) is 0 Å². The van der Waals surface area contributed by atoms with Gasteiger partial charge in [-0.15, -0.1) is 0 Å². The molecule has 0 spiro atoms. The van der Waals surface area contributed by atoms with Crippen LogP contribution in [0.2, 0.25) is 0 Å². The molecule has 0 bridgehead atoms. The van der Waals surface area contributed by atoms with E-state index in [-0.39, 0.29) is 0 Å². The zero-order valence-corrected chi connectivity index (χ0v) is 13.4. The fraction of sp³-hybridized carbons (Fsp3) is 0.857. The molecule has 1 aromatic heterocycles. The Morgan fingerprint density at radius 2 is 1.74 bits per heavy atom. The van der Waals surface area contributed by atoms with Crippen molar-refractivity contribution in [3.63, 3.8) is 0 Å². The van der Waals surface area contributed by atoms with Gasteiger partial charge >= 0.3 is 0 Å². The third kappa shape index (κ3) is 11.9. The number of hydrogen-bond donors (Lipinski definition) is 1. The summed E-state index contributed by atoms with van der Waals surface area (Å²) in [5.41, 5.74) is 0.500. The number of rotatable bonds is 2. The largest absolute Gasteiger partial charge is 0.338 e. The summed E-state index contributed by atoms with van der Waals surface area (Å²) in [6.45, 7) is 17.7. The molecule has 112 valence electrons. The standard InChI is InChI=1S/C7H12N4O.C5H12.C2H6/c1-3-11(4-2-8-1)5-7-9-6-10-12-7;1-5(2,3)4;1-2/h6,8H,1-5H2;1-4H3;1-2H3. The van der Waals surface area contributed by atoms with E-state index in [0.29, 0.717) is 11.3 Å². The molecule has 5 heteroatoms. The topological polar surface area (TPSA) is 54.2 Å². The second kappa shape index (κ2) is 9.92. The first-order valence-corrected chi connectivity index (χ1v) is 7.14. The first-order valence-electron chi connectivity index (χ1n) is 7.14. The van der Waals surface area contributed by atoms with Crippen molar-refractivity contribution < 1.29 is 4.52 Å². The van der Waals surface area contributed by atoms with Gasteiger partial charge in [0.25, 0.3) is 0 Å². The van der Waals surface area contributed by atoms with Crippen molar-refractivity contribution in [2.75, 3.05) is 26.2 Å². The number of nitrogens with one attached hydrogen (secondary N) is 1. The summed E-state index contributed by atoms with van der Waals surface area (Å²) >= 11 is 0. The fourth-order valence-electron chi connectivity index (χ4n) is 1.33. The van der Waals surface area contributed by atoms with Gasteiger partial charge in [0.2, 0.25) is 5.89 Å². The van der Waals surface area contributed by atoms with E-state index in [9.17, 15) is 0 Å². The smallest absolute Gasteiger partial charge is 0.240 e. The van der Waals surface area contributed by atoms with E-state index in [2.05, 4.69) is 48.1 Å². The van der Waals surface area contributed by atoms with Gasteiger partial charge in [-0.05, 0) is 5.41 Å². The normalized spacial score (nSPS) is 15.9. The van der Waals surface area contributed by atoms with Crippen molar-refractivity contribution >= 4 is 0 Å². The summed E-state index contributed by atoms with van der Waals surface area (Å²) in [4.78, 5) is 6.27. The van der Waals surface area contributed by atoms with Gasteiger partial charge in [-0.1, -0.05) is 46.7 Å². The van der Waals surface area contributed by atoms with Crippen LogP contribution in [0.3, 0.4) is 0 Å². The van der Waals surface area contributed by atoms with Crippen LogP contribution < -0.4 is 5.32 Å². The predicted octanol–water partition coefficient (Wildman–Crippen LogP) is 2.55. The van der Waals surface area contributed by atoms with Gasteiger partial charge in [0.1, 0.15) is 0 Å². The molecule has 2 heterocycles. The van der Waals surface area contributed by atoms with Gasteiger partial charge in [-0.3, -0.25) is 4.90 Å². The van der Waals surface area contributed by atoms with Crippen LogP contribution in [0.1, 0.15) is 47.4 Å². The molecule has 0 aliphatic carbocycles. The molecule has 0 unspecified atom stereocenters. The molecule has 0 atom stereocenters. The Balaban J connectivity index is 0.000000396. The molecule has 0 saturated carbocycles. The second-order valence-corrected chi connectivity index (χ2v) is 5.86. The van der Waals surface area contributed by atoms with Crippen LogP contribution in [0.4, 0.5) is 0 Å². The maximum absolute atomic E-state index is 4.91. The van der Waals surface area contributed by atoms with Crippen molar-refractivity contribution in [1.82, 2.24) is 20.4 Å². The molecule has 1 aliphatic heterocycles. The molecule has 1 fully saturated rings. The highest BCUT2D eigenvalue weighted by atomic mass is 16.5. The van der Waals surface area contributed by atoms with E-state index in [1.54, 1.807) is 0 Å². The zero-order chi connectivity index (χ0) is 14.7. The molecular weight excluding hydrogens is 240 g/mol. The lowest BCUT2D eigenvalue weighted by Crippen LogP contribution is -2.42. The van der Waals surface area contributed by atoms with E-state index in [1.807, 2.05) is 13.8 Å². The van der Waals surface area contributed by atoms with E-state index in [4.69, 9.17) is 4.52 Å². The van der Waals surface area contributed by atoms with Gasteiger partial charge in [0, 0.05) is 26.2 Å². The maximum atomic E-state index is 4.91. The van der Waals surface area contributed by atoms with Crippen LogP contribution in [-0.4, -0.2) is 41.2 Å². The Kier molecular flexibility index (Phi) is 9.43. The Bertz CT molecular complexity index is 281.